The largest absolute Gasteiger partial charge is 0.494 e. The lowest BCUT2D eigenvalue weighted by molar-refractivity contribution is -0.125. The van der Waals surface area contributed by atoms with Crippen molar-refractivity contribution in [2.24, 2.45) is 11.1 Å². The number of nitrogens with two attached hydrogens (primary N) is 2. The van der Waals surface area contributed by atoms with Gasteiger partial charge in [-0.25, -0.2) is 4.68 Å². The van der Waals surface area contributed by atoms with E-state index >= 15 is 0 Å². The first kappa shape index (κ1) is 21.0. The number of rotatable bonds is 7. The fourth-order valence-corrected chi connectivity index (χ4v) is 4.80. The molecule has 0 radical (unpaired) electrons. The third kappa shape index (κ3) is 3.78. The van der Waals surface area contributed by atoms with Crippen molar-refractivity contribution in [1.82, 2.24) is 14.7 Å². The zero-order chi connectivity index (χ0) is 22.2. The third-order valence-electron chi connectivity index (χ3n) is 6.40. The van der Waals surface area contributed by atoms with E-state index in [1.165, 1.54) is 6.08 Å². The summed E-state index contributed by atoms with van der Waals surface area (Å²) in [5, 5.41) is 4.69. The number of benzene rings is 1. The topological polar surface area (TPSA) is 116 Å². The number of likely N-dealkylation sites (tertiary alicyclic amines) is 1. The summed E-state index contributed by atoms with van der Waals surface area (Å²) in [6, 6.07) is 7.52. The molecule has 1 aromatic carbocycles. The van der Waals surface area contributed by atoms with Crippen LogP contribution in [0.15, 0.2) is 36.9 Å². The Morgan fingerprint density at radius 3 is 2.65 bits per heavy atom. The van der Waals surface area contributed by atoms with Gasteiger partial charge in [-0.1, -0.05) is 13.5 Å². The average Bonchev–Trinajstić information content (AvgIpc) is 3.33. The highest BCUT2D eigenvalue weighted by atomic mass is 16.5. The molecule has 1 spiro atoms. The van der Waals surface area contributed by atoms with Gasteiger partial charge in [-0.3, -0.25) is 9.59 Å². The molecule has 164 valence electrons. The highest BCUT2D eigenvalue weighted by Crippen LogP contribution is 2.54. The number of carbonyl (C=O) groups is 2. The van der Waals surface area contributed by atoms with E-state index in [4.69, 9.17) is 21.3 Å². The first-order valence-corrected chi connectivity index (χ1v) is 10.7. The van der Waals surface area contributed by atoms with Crippen LogP contribution in [0, 0.1) is 5.41 Å². The Morgan fingerprint density at radius 1 is 1.32 bits per heavy atom. The van der Waals surface area contributed by atoms with Crippen molar-refractivity contribution < 1.29 is 14.3 Å². The van der Waals surface area contributed by atoms with Crippen LogP contribution in [0.4, 0.5) is 5.82 Å². The third-order valence-corrected chi connectivity index (χ3v) is 6.40. The maximum Gasteiger partial charge on any atom is 0.254 e. The lowest BCUT2D eigenvalue weighted by atomic mass is 9.65. The molecule has 1 aliphatic heterocycles. The minimum absolute atomic E-state index is 0.0245. The van der Waals surface area contributed by atoms with Crippen LogP contribution in [-0.2, 0) is 4.79 Å². The fraction of sp³-hybridized carbons (Fsp3) is 0.435. The van der Waals surface area contributed by atoms with E-state index in [-0.39, 0.29) is 22.9 Å². The monoisotopic (exact) mass is 423 g/mol. The molecule has 2 heterocycles. The Kier molecular flexibility index (Phi) is 5.47. The maximum atomic E-state index is 12.2. The average molecular weight is 424 g/mol. The van der Waals surface area contributed by atoms with Gasteiger partial charge >= 0.3 is 0 Å². The smallest absolute Gasteiger partial charge is 0.254 e. The van der Waals surface area contributed by atoms with Crippen LogP contribution in [0.5, 0.6) is 5.75 Å². The predicted octanol–water partition coefficient (Wildman–Crippen LogP) is 2.76. The molecule has 8 nitrogen and oxygen atoms in total. The quantitative estimate of drug-likeness (QED) is 0.664. The number of hydrogen-bond acceptors (Lipinski definition) is 5. The zero-order valence-electron chi connectivity index (χ0n) is 17.8. The molecule has 31 heavy (non-hydrogen) atoms. The van der Waals surface area contributed by atoms with Crippen molar-refractivity contribution in [3.05, 3.63) is 42.5 Å². The van der Waals surface area contributed by atoms with Crippen LogP contribution < -0.4 is 16.2 Å². The van der Waals surface area contributed by atoms with Gasteiger partial charge in [0.2, 0.25) is 5.91 Å². The van der Waals surface area contributed by atoms with E-state index in [1.807, 2.05) is 36.1 Å². The summed E-state index contributed by atoms with van der Waals surface area (Å²) in [7, 11) is 0. The molecule has 2 aliphatic rings. The summed E-state index contributed by atoms with van der Waals surface area (Å²) in [6.45, 7) is 7.74. The number of nitrogens with zero attached hydrogens (tertiary/aromatic N) is 3. The molecular weight excluding hydrogens is 394 g/mol. The number of amides is 2. The first-order valence-electron chi connectivity index (χ1n) is 10.7. The molecule has 0 unspecified atom stereocenters. The molecule has 1 aliphatic carbocycles. The minimum Gasteiger partial charge on any atom is -0.494 e. The van der Waals surface area contributed by atoms with Crippen molar-refractivity contribution in [3.8, 4) is 17.0 Å². The second-order valence-electron chi connectivity index (χ2n) is 8.57. The second-order valence-corrected chi connectivity index (χ2v) is 8.57. The van der Waals surface area contributed by atoms with E-state index < -0.39 is 5.91 Å². The number of anilines is 1. The normalized spacial score (nSPS) is 22.4. The molecular formula is C23H29N5O3. The van der Waals surface area contributed by atoms with E-state index in [0.717, 1.165) is 50.1 Å². The molecule has 0 atom stereocenters. The summed E-state index contributed by atoms with van der Waals surface area (Å²) in [5.41, 5.74) is 13.6. The number of ether oxygens (including phenoxy) is 1. The maximum absolute atomic E-state index is 12.2. The number of nitrogen functional groups attached to an aromatic ring is 1. The molecule has 4 rings (SSSR count). The summed E-state index contributed by atoms with van der Waals surface area (Å²) < 4.78 is 7.36. The van der Waals surface area contributed by atoms with Crippen LogP contribution >= 0.6 is 0 Å². The van der Waals surface area contributed by atoms with Crippen LogP contribution in [0.1, 0.15) is 49.0 Å². The van der Waals surface area contributed by atoms with Crippen molar-refractivity contribution in [1.29, 1.82) is 0 Å². The molecule has 2 fully saturated rings. The summed E-state index contributed by atoms with van der Waals surface area (Å²) in [4.78, 5) is 25.9. The van der Waals surface area contributed by atoms with Gasteiger partial charge in [0.1, 0.15) is 22.8 Å². The minimum atomic E-state index is -0.595. The molecule has 0 bridgehead atoms. The Morgan fingerprint density at radius 2 is 2.03 bits per heavy atom. The summed E-state index contributed by atoms with van der Waals surface area (Å²) in [6.07, 6.45) is 4.98. The molecule has 1 aromatic heterocycles. The van der Waals surface area contributed by atoms with Gasteiger partial charge in [-0.15, -0.1) is 0 Å². The molecule has 2 aromatic rings. The van der Waals surface area contributed by atoms with Gasteiger partial charge < -0.3 is 21.1 Å². The fourth-order valence-electron chi connectivity index (χ4n) is 4.80. The lowest BCUT2D eigenvalue weighted by Gasteiger charge is -2.45. The van der Waals surface area contributed by atoms with E-state index in [9.17, 15) is 9.59 Å². The van der Waals surface area contributed by atoms with Crippen LogP contribution in [0.2, 0.25) is 0 Å². The first-order chi connectivity index (χ1) is 14.9. The van der Waals surface area contributed by atoms with E-state index in [1.54, 1.807) is 4.68 Å². The number of primary amides is 1. The standard InChI is InChI=1S/C23H29N5O3/c1-3-11-31-17-7-5-15(6-8-17)20-19(22(25)30)21(24)28(26-20)16-12-23(13-16)9-10-27(14-23)18(29)4-2/h4-8,16H,2-3,9-14,24H2,1H3,(H2,25,30)/t16-,23-. The zero-order valence-corrected chi connectivity index (χ0v) is 17.8. The number of carbonyl (C=O) groups excluding carboxylic acids is 2. The lowest BCUT2D eigenvalue weighted by Crippen LogP contribution is -2.42. The van der Waals surface area contributed by atoms with Gasteiger partial charge in [0.05, 0.1) is 12.6 Å². The van der Waals surface area contributed by atoms with Crippen LogP contribution in [-0.4, -0.2) is 46.2 Å². The highest BCUT2D eigenvalue weighted by molar-refractivity contribution is 6.03. The van der Waals surface area contributed by atoms with E-state index in [0.29, 0.717) is 18.1 Å². The Bertz CT molecular complexity index is 1000. The molecule has 1 saturated heterocycles. The van der Waals surface area contributed by atoms with Gasteiger partial charge in [-0.2, -0.15) is 5.10 Å². The number of aromatic nitrogens is 2. The van der Waals surface area contributed by atoms with Crippen LogP contribution in [0.3, 0.4) is 0 Å². The van der Waals surface area contributed by atoms with Crippen LogP contribution in [0.25, 0.3) is 11.3 Å². The van der Waals surface area contributed by atoms with Gasteiger partial charge in [0.15, 0.2) is 0 Å². The molecule has 4 N–H and O–H groups in total. The summed E-state index contributed by atoms with van der Waals surface area (Å²) in [5.74, 6) is 0.441. The highest BCUT2D eigenvalue weighted by Gasteiger charge is 2.50. The number of hydrogen-bond donors (Lipinski definition) is 2. The van der Waals surface area contributed by atoms with E-state index in [2.05, 4.69) is 6.58 Å². The summed E-state index contributed by atoms with van der Waals surface area (Å²) >= 11 is 0. The van der Waals surface area contributed by atoms with Gasteiger partial charge in [-0.05, 0) is 61.4 Å². The molecule has 8 heteroatoms. The van der Waals surface area contributed by atoms with Crippen molar-refractivity contribution in [3.63, 3.8) is 0 Å². The van der Waals surface area contributed by atoms with Crippen molar-refractivity contribution in [2.45, 2.75) is 38.6 Å². The molecule has 2 amide bonds. The van der Waals surface area contributed by atoms with Gasteiger partial charge in [0.25, 0.3) is 5.91 Å². The van der Waals surface area contributed by atoms with Gasteiger partial charge in [0, 0.05) is 18.7 Å². The van der Waals surface area contributed by atoms with Crippen molar-refractivity contribution >= 4 is 17.6 Å². The second kappa shape index (κ2) is 8.09. The Balaban J connectivity index is 1.55. The van der Waals surface area contributed by atoms with Crippen molar-refractivity contribution in [2.75, 3.05) is 25.4 Å². The Hall–Kier alpha value is -3.29. The predicted molar refractivity (Wildman–Crippen MR) is 118 cm³/mol. The Labute approximate surface area is 181 Å². The SMILES string of the molecule is C=CC(=O)N1CC[C@]2(C1)C[C@H](n1nc(-c3ccc(OCCC)cc3)c(C(N)=O)c1N)C2. The molecule has 1 saturated carbocycles.